The van der Waals surface area contributed by atoms with Crippen LogP contribution in [0, 0.1) is 17.6 Å². The number of ether oxygens (including phenoxy) is 1. The van der Waals surface area contributed by atoms with Crippen molar-refractivity contribution in [1.82, 2.24) is 10.2 Å². The fraction of sp³-hybridized carbons (Fsp3) is 0.500. The Morgan fingerprint density at radius 2 is 2.04 bits per heavy atom. The van der Waals surface area contributed by atoms with Crippen molar-refractivity contribution in [2.75, 3.05) is 13.2 Å². The van der Waals surface area contributed by atoms with Crippen molar-refractivity contribution in [1.29, 1.82) is 0 Å². The van der Waals surface area contributed by atoms with Crippen LogP contribution >= 0.6 is 11.6 Å². The SMILES string of the molecule is NC(=O)C1CN([C@H](c2ccc(F)c(Cl)c2F)[C@@H]2CO[C@@H](C(F)(F)F)C2)C(=O)N1. The summed E-state index contributed by atoms with van der Waals surface area (Å²) in [5.74, 6) is -4.08. The van der Waals surface area contributed by atoms with Gasteiger partial charge in [-0.2, -0.15) is 13.2 Å². The van der Waals surface area contributed by atoms with Crippen molar-refractivity contribution in [3.05, 3.63) is 34.4 Å². The average Bonchev–Trinajstić information content (AvgIpc) is 3.23. The summed E-state index contributed by atoms with van der Waals surface area (Å²) in [7, 11) is 0. The third-order valence-corrected chi connectivity index (χ3v) is 5.19. The maximum absolute atomic E-state index is 14.6. The summed E-state index contributed by atoms with van der Waals surface area (Å²) in [5.41, 5.74) is 4.89. The van der Waals surface area contributed by atoms with Gasteiger partial charge in [0.2, 0.25) is 5.91 Å². The lowest BCUT2D eigenvalue weighted by atomic mass is 9.89. The lowest BCUT2D eigenvalue weighted by Crippen LogP contribution is -2.39. The number of nitrogens with one attached hydrogen (secondary N) is 1. The first-order chi connectivity index (χ1) is 13.0. The minimum atomic E-state index is -4.64. The van der Waals surface area contributed by atoms with Gasteiger partial charge in [-0.05, 0) is 12.5 Å². The van der Waals surface area contributed by atoms with E-state index in [1.807, 2.05) is 0 Å². The minimum Gasteiger partial charge on any atom is -0.368 e. The number of urea groups is 1. The molecule has 1 aromatic rings. The Morgan fingerprint density at radius 1 is 1.36 bits per heavy atom. The van der Waals surface area contributed by atoms with Crippen LogP contribution in [0.4, 0.5) is 26.7 Å². The number of alkyl halides is 3. The third-order valence-electron chi connectivity index (χ3n) is 4.84. The monoisotopic (exact) mass is 427 g/mol. The molecule has 2 aliphatic rings. The molecule has 1 aromatic carbocycles. The molecular formula is C16H15ClF5N3O3. The predicted octanol–water partition coefficient (Wildman–Crippen LogP) is 2.51. The normalized spacial score (nSPS) is 26.4. The van der Waals surface area contributed by atoms with Gasteiger partial charge < -0.3 is 20.7 Å². The number of amides is 3. The van der Waals surface area contributed by atoms with Crippen molar-refractivity contribution in [2.24, 2.45) is 11.7 Å². The number of primary amides is 1. The zero-order chi connectivity index (χ0) is 20.8. The largest absolute Gasteiger partial charge is 0.414 e. The first-order valence-corrected chi connectivity index (χ1v) is 8.56. The molecule has 2 heterocycles. The summed E-state index contributed by atoms with van der Waals surface area (Å²) < 4.78 is 72.0. The molecule has 2 saturated heterocycles. The van der Waals surface area contributed by atoms with E-state index in [2.05, 4.69) is 5.32 Å². The fourth-order valence-electron chi connectivity index (χ4n) is 3.50. The first kappa shape index (κ1) is 20.6. The predicted molar refractivity (Wildman–Crippen MR) is 86.2 cm³/mol. The zero-order valence-electron chi connectivity index (χ0n) is 14.1. The second-order valence-electron chi connectivity index (χ2n) is 6.63. The van der Waals surface area contributed by atoms with Gasteiger partial charge in [0, 0.05) is 11.5 Å². The maximum Gasteiger partial charge on any atom is 0.414 e. The van der Waals surface area contributed by atoms with Crippen LogP contribution in [0.25, 0.3) is 0 Å². The lowest BCUT2D eigenvalue weighted by Gasteiger charge is -2.32. The van der Waals surface area contributed by atoms with Crippen LogP contribution in [0.5, 0.6) is 0 Å². The van der Waals surface area contributed by atoms with Crippen molar-refractivity contribution in [3.8, 4) is 0 Å². The summed E-state index contributed by atoms with van der Waals surface area (Å²) >= 11 is 5.60. The highest BCUT2D eigenvalue weighted by Crippen LogP contribution is 2.43. The second kappa shape index (κ2) is 7.36. The summed E-state index contributed by atoms with van der Waals surface area (Å²) in [6, 6.07) is -1.33. The van der Waals surface area contributed by atoms with Crippen LogP contribution in [-0.4, -0.2) is 48.3 Å². The standard InChI is InChI=1S/C16H15ClF5N3O3/c17-11-8(18)2-1-7(12(11)19)13(6-3-10(28-5-6)16(20,21)22)25-4-9(14(23)26)24-15(25)27/h1-2,6,9-10,13H,3-5H2,(H2,23,26)(H,24,27)/t6-,9?,10+,13-/m0/s1. The van der Waals surface area contributed by atoms with Gasteiger partial charge in [0.1, 0.15) is 22.7 Å². The molecule has 4 atom stereocenters. The first-order valence-electron chi connectivity index (χ1n) is 8.18. The number of hydrogen-bond donors (Lipinski definition) is 2. The molecule has 0 aliphatic carbocycles. The molecule has 154 valence electrons. The summed E-state index contributed by atoms with van der Waals surface area (Å²) in [6.45, 7) is -0.714. The highest BCUT2D eigenvalue weighted by Gasteiger charge is 2.50. The van der Waals surface area contributed by atoms with Gasteiger partial charge >= 0.3 is 12.2 Å². The van der Waals surface area contributed by atoms with E-state index in [-0.39, 0.29) is 12.1 Å². The van der Waals surface area contributed by atoms with Crippen LogP contribution in [0.1, 0.15) is 18.0 Å². The smallest absolute Gasteiger partial charge is 0.368 e. The lowest BCUT2D eigenvalue weighted by molar-refractivity contribution is -0.206. The van der Waals surface area contributed by atoms with Crippen LogP contribution in [0.2, 0.25) is 5.02 Å². The van der Waals surface area contributed by atoms with Crippen molar-refractivity contribution in [2.45, 2.75) is 30.8 Å². The molecule has 0 aromatic heterocycles. The van der Waals surface area contributed by atoms with Gasteiger partial charge in [-0.15, -0.1) is 0 Å². The van der Waals surface area contributed by atoms with Crippen molar-refractivity contribution >= 4 is 23.5 Å². The Kier molecular flexibility index (Phi) is 5.41. The molecule has 3 amide bonds. The third kappa shape index (κ3) is 3.72. The van der Waals surface area contributed by atoms with Gasteiger partial charge in [-0.3, -0.25) is 4.79 Å². The highest BCUT2D eigenvalue weighted by molar-refractivity contribution is 6.31. The molecule has 0 spiro atoms. The number of nitrogens with two attached hydrogens (primary N) is 1. The van der Waals surface area contributed by atoms with Crippen molar-refractivity contribution in [3.63, 3.8) is 0 Å². The molecular weight excluding hydrogens is 413 g/mol. The van der Waals surface area contributed by atoms with E-state index in [4.69, 9.17) is 22.1 Å². The molecule has 28 heavy (non-hydrogen) atoms. The van der Waals surface area contributed by atoms with Crippen LogP contribution in [0.3, 0.4) is 0 Å². The summed E-state index contributed by atoms with van der Waals surface area (Å²) in [4.78, 5) is 24.7. The van der Waals surface area contributed by atoms with E-state index in [1.54, 1.807) is 0 Å². The fourth-order valence-corrected chi connectivity index (χ4v) is 3.67. The van der Waals surface area contributed by atoms with Gasteiger partial charge in [-0.25, -0.2) is 13.6 Å². The Labute approximate surface area is 160 Å². The number of carbonyl (C=O) groups is 2. The number of nitrogens with zero attached hydrogens (tertiary/aromatic N) is 1. The van der Waals surface area contributed by atoms with E-state index in [0.29, 0.717) is 0 Å². The Hall–Kier alpha value is -2.14. The molecule has 0 radical (unpaired) electrons. The molecule has 3 rings (SSSR count). The van der Waals surface area contributed by atoms with Crippen LogP contribution in [0.15, 0.2) is 12.1 Å². The Bertz CT molecular complexity index is 806. The maximum atomic E-state index is 14.6. The number of halogens is 6. The highest BCUT2D eigenvalue weighted by atomic mass is 35.5. The molecule has 0 saturated carbocycles. The van der Waals surface area contributed by atoms with Gasteiger partial charge in [-0.1, -0.05) is 17.7 Å². The molecule has 2 aliphatic heterocycles. The van der Waals surface area contributed by atoms with Gasteiger partial charge in [0.05, 0.1) is 19.2 Å². The van der Waals surface area contributed by atoms with E-state index < -0.39 is 71.9 Å². The number of hydrogen-bond acceptors (Lipinski definition) is 3. The Balaban J connectivity index is 2.00. The number of rotatable bonds is 4. The van der Waals surface area contributed by atoms with E-state index in [9.17, 15) is 31.5 Å². The van der Waals surface area contributed by atoms with Gasteiger partial charge in [0.15, 0.2) is 6.10 Å². The quantitative estimate of drug-likeness (QED) is 0.572. The van der Waals surface area contributed by atoms with Crippen molar-refractivity contribution < 1.29 is 36.3 Å². The van der Waals surface area contributed by atoms with Crippen LogP contribution in [-0.2, 0) is 9.53 Å². The second-order valence-corrected chi connectivity index (χ2v) is 7.00. The topological polar surface area (TPSA) is 84.7 Å². The van der Waals surface area contributed by atoms with E-state index in [0.717, 1.165) is 17.0 Å². The number of benzene rings is 1. The van der Waals surface area contributed by atoms with Crippen LogP contribution < -0.4 is 11.1 Å². The molecule has 12 heteroatoms. The van der Waals surface area contributed by atoms with E-state index >= 15 is 0 Å². The number of carbonyl (C=O) groups excluding carboxylic acids is 2. The average molecular weight is 428 g/mol. The molecule has 6 nitrogen and oxygen atoms in total. The zero-order valence-corrected chi connectivity index (χ0v) is 14.9. The molecule has 1 unspecified atom stereocenters. The summed E-state index contributed by atoms with van der Waals surface area (Å²) in [5, 5.41) is 1.44. The summed E-state index contributed by atoms with van der Waals surface area (Å²) in [6.07, 6.45) is -7.27. The minimum absolute atomic E-state index is 0.275. The Morgan fingerprint density at radius 3 is 2.57 bits per heavy atom. The molecule has 3 N–H and O–H groups in total. The van der Waals surface area contributed by atoms with Gasteiger partial charge in [0.25, 0.3) is 0 Å². The molecule has 0 bridgehead atoms. The van der Waals surface area contributed by atoms with E-state index in [1.165, 1.54) is 0 Å². The molecule has 2 fully saturated rings.